The van der Waals surface area contributed by atoms with Crippen LogP contribution in [0.5, 0.6) is 0 Å². The average Bonchev–Trinajstić information content (AvgIpc) is 2.92. The third-order valence-electron chi connectivity index (χ3n) is 2.57. The van der Waals surface area contributed by atoms with Crippen molar-refractivity contribution in [1.29, 1.82) is 0 Å². The van der Waals surface area contributed by atoms with Crippen LogP contribution < -0.4 is 0 Å². The Morgan fingerprint density at radius 2 is 0.818 bits per heavy atom. The van der Waals surface area contributed by atoms with Crippen LogP contribution in [0.15, 0.2) is 60.7 Å². The van der Waals surface area contributed by atoms with Gasteiger partial charge in [-0.3, -0.25) is 0 Å². The Balaban J connectivity index is -0.0000000469. The summed E-state index contributed by atoms with van der Waals surface area (Å²) in [5.41, 5.74) is 2.47. The molecule has 0 atom stereocenters. The molecule has 175 valence electrons. The molecule has 9 heteroatoms. The third kappa shape index (κ3) is 53.7. The summed E-state index contributed by atoms with van der Waals surface area (Å²) in [7, 11) is 0. The van der Waals surface area contributed by atoms with Gasteiger partial charge in [0.25, 0.3) is 0 Å². The summed E-state index contributed by atoms with van der Waals surface area (Å²) in [5, 5.41) is 0. The fourth-order valence-electron chi connectivity index (χ4n) is 1.47. The maximum atomic E-state index is 7.50. The molecular weight excluding hydrogens is 624 g/mol. The van der Waals surface area contributed by atoms with Gasteiger partial charge in [0, 0.05) is 34.1 Å². The fourth-order valence-corrected chi connectivity index (χ4v) is 2.29. The number of unbranched alkanes of at least 4 members (excludes halogenated alkanes) is 1. The minimum Gasteiger partial charge on any atom is -0.0622 e. The Hall–Kier alpha value is -1.29. The van der Waals surface area contributed by atoms with Crippen molar-refractivity contribution in [3.05, 3.63) is 125 Å². The first-order chi connectivity index (χ1) is 15.4. The van der Waals surface area contributed by atoms with Crippen LogP contribution >= 0.6 is 0 Å². The van der Waals surface area contributed by atoms with E-state index in [0.717, 1.165) is 0 Å². The van der Waals surface area contributed by atoms with Crippen molar-refractivity contribution in [2.45, 2.75) is 24.2 Å². The number of hydrogen-bond acceptors (Lipinski definition) is 0. The third-order valence-corrected chi connectivity index (χ3v) is 3.39. The van der Waals surface area contributed by atoms with Crippen LogP contribution in [0.4, 0.5) is 0 Å². The van der Waals surface area contributed by atoms with E-state index < -0.39 is 0 Å². The van der Waals surface area contributed by atoms with Crippen LogP contribution in [-0.2, 0) is 62.1 Å². The Morgan fingerprint density at radius 1 is 0.576 bits per heavy atom. The molecule has 0 fully saturated rings. The van der Waals surface area contributed by atoms with E-state index in [9.17, 15) is 0 Å². The minimum absolute atomic E-state index is 0. The molecule has 0 heterocycles. The van der Waals surface area contributed by atoms with Gasteiger partial charge in [0.2, 0.25) is 0 Å². The maximum absolute atomic E-state index is 7.50. The maximum Gasteiger partial charge on any atom is 0 e. The summed E-state index contributed by atoms with van der Waals surface area (Å²) in [6.45, 7) is 29.2. The topological polar surface area (TPSA) is 119 Å². The molecule has 2 aromatic rings. The molecule has 3 radical (unpaired) electrons. The zero-order valence-corrected chi connectivity index (χ0v) is 22.2. The van der Waals surface area contributed by atoms with Crippen molar-refractivity contribution < 1.29 is 62.1 Å². The van der Waals surface area contributed by atoms with Crippen molar-refractivity contribution in [2.75, 3.05) is 0 Å². The van der Waals surface area contributed by atoms with Crippen molar-refractivity contribution in [1.82, 2.24) is 0 Å². The molecular formula is C24H21Fe2O6Te. The van der Waals surface area contributed by atoms with Gasteiger partial charge in [0.05, 0.1) is 0 Å². The molecule has 0 aliphatic carbocycles. The van der Waals surface area contributed by atoms with Gasteiger partial charge in [-0.15, -0.1) is 0 Å². The van der Waals surface area contributed by atoms with E-state index in [4.69, 9.17) is 27.9 Å². The SMILES string of the molecule is CCCC[Te].[C-]#[O+].[C-]#[O+].[C-]#[O+].[C-]#[O+].[C-]#[O+].[C-]#[O+].[CH]([CH]c1ccccc1)c1ccccc1.[Fe].[Fe]. The molecule has 0 unspecified atom stereocenters. The van der Waals surface area contributed by atoms with E-state index in [-0.39, 0.29) is 34.1 Å². The van der Waals surface area contributed by atoms with Gasteiger partial charge in [-0.1, -0.05) is 60.7 Å². The molecule has 0 spiro atoms. The molecule has 33 heavy (non-hydrogen) atoms. The van der Waals surface area contributed by atoms with E-state index in [1.165, 1.54) is 28.4 Å². The van der Waals surface area contributed by atoms with Gasteiger partial charge >= 0.3 is 114 Å². The van der Waals surface area contributed by atoms with Gasteiger partial charge in [-0.05, 0) is 24.0 Å². The molecule has 6 nitrogen and oxygen atoms in total. The normalized spacial score (nSPS) is 5.88. The Kier molecular flexibility index (Phi) is 112. The van der Waals surface area contributed by atoms with E-state index in [2.05, 4.69) is 106 Å². The second kappa shape index (κ2) is 69.8. The van der Waals surface area contributed by atoms with E-state index in [1.54, 1.807) is 0 Å². The first kappa shape index (κ1) is 53.2. The van der Waals surface area contributed by atoms with Crippen LogP contribution in [0.3, 0.4) is 0 Å². The van der Waals surface area contributed by atoms with Gasteiger partial charge in [-0.25, -0.2) is 0 Å². The first-order valence-electron chi connectivity index (χ1n) is 7.95. The van der Waals surface area contributed by atoms with Gasteiger partial charge in [-0.2, -0.15) is 0 Å². The zero-order valence-electron chi connectivity index (χ0n) is 17.6. The summed E-state index contributed by atoms with van der Waals surface area (Å²) in [6, 6.07) is 20.6. The smallest absolute Gasteiger partial charge is 0 e. The van der Waals surface area contributed by atoms with E-state index in [0.29, 0.717) is 0 Å². The summed E-state index contributed by atoms with van der Waals surface area (Å²) in [6.07, 6.45) is 6.98. The predicted molar refractivity (Wildman–Crippen MR) is 109 cm³/mol. The predicted octanol–water partition coefficient (Wildman–Crippen LogP) is 4.63. The van der Waals surface area contributed by atoms with Crippen molar-refractivity contribution in [2.24, 2.45) is 0 Å². The molecule has 0 saturated heterocycles. The van der Waals surface area contributed by atoms with Crippen molar-refractivity contribution in [3.8, 4) is 0 Å². The molecule has 2 rings (SSSR count). The fraction of sp³-hybridized carbons (Fsp3) is 0.167. The summed E-state index contributed by atoms with van der Waals surface area (Å²) < 4.78 is 46.4. The Labute approximate surface area is 231 Å². The van der Waals surface area contributed by atoms with Crippen LogP contribution in [0.1, 0.15) is 30.9 Å². The zero-order chi connectivity index (χ0) is 25.8. The van der Waals surface area contributed by atoms with Crippen LogP contribution in [0.2, 0.25) is 4.47 Å². The van der Waals surface area contributed by atoms with Crippen LogP contribution in [0, 0.1) is 52.7 Å². The van der Waals surface area contributed by atoms with Crippen LogP contribution in [0.25, 0.3) is 0 Å². The number of hydrogen-bond donors (Lipinski definition) is 0. The summed E-state index contributed by atoms with van der Waals surface area (Å²) in [5.74, 6) is 0. The first-order valence-corrected chi connectivity index (χ1v) is 9.60. The van der Waals surface area contributed by atoms with Crippen molar-refractivity contribution >= 4 is 22.3 Å². The Bertz CT molecular complexity index is 581. The standard InChI is InChI=1S/C14H12.C4H9Te.6CO.2Fe/c1-3-7-13(8-4-1)11-12-14-9-5-2-6-10-14;1-2-3-4-5;6*1-2;;/h1-12H;2-4H2,1H3;;;;;;;;. The molecule has 0 aliphatic rings. The molecule has 0 aliphatic heterocycles. The molecule has 0 bridgehead atoms. The average molecular weight is 645 g/mol. The minimum atomic E-state index is 0. The van der Waals surface area contributed by atoms with E-state index in [1.807, 2.05) is 36.4 Å². The Morgan fingerprint density at radius 3 is 0.970 bits per heavy atom. The number of rotatable bonds is 5. The molecule has 2 aromatic carbocycles. The van der Waals surface area contributed by atoms with Crippen LogP contribution in [-0.4, -0.2) is 22.3 Å². The molecule has 0 N–H and O–H groups in total. The molecule has 0 aromatic heterocycles. The second-order valence-corrected chi connectivity index (χ2v) is 5.38. The molecule has 0 amide bonds. The number of benzene rings is 2. The largest absolute Gasteiger partial charge is 0.0622 e. The monoisotopic (exact) mass is 647 g/mol. The molecule has 0 saturated carbocycles. The summed E-state index contributed by atoms with van der Waals surface area (Å²) >= 11 is 2.15. The quantitative estimate of drug-likeness (QED) is 0.256. The second-order valence-electron chi connectivity index (χ2n) is 4.21. The van der Waals surface area contributed by atoms with Gasteiger partial charge < -0.3 is 0 Å². The van der Waals surface area contributed by atoms with Crippen molar-refractivity contribution in [3.63, 3.8) is 0 Å². The van der Waals surface area contributed by atoms with Gasteiger partial charge in [0.15, 0.2) is 0 Å². The van der Waals surface area contributed by atoms with Gasteiger partial charge in [0.1, 0.15) is 0 Å². The van der Waals surface area contributed by atoms with E-state index >= 15 is 0 Å². The summed E-state index contributed by atoms with van der Waals surface area (Å²) in [4.78, 5) is 0.